The number of aryl methyl sites for hydroxylation is 1. The van der Waals surface area contributed by atoms with Crippen LogP contribution in [0.1, 0.15) is 23.7 Å². The molecule has 0 saturated carbocycles. The van der Waals surface area contributed by atoms with Crippen LogP contribution in [0.3, 0.4) is 0 Å². The van der Waals surface area contributed by atoms with Crippen LogP contribution in [0.25, 0.3) is 0 Å². The van der Waals surface area contributed by atoms with Gasteiger partial charge in [-0.15, -0.1) is 11.3 Å². The Morgan fingerprint density at radius 3 is 3.00 bits per heavy atom. The van der Waals surface area contributed by atoms with Gasteiger partial charge in [0.05, 0.1) is 0 Å². The standard InChI is InChI=1S/C11H15N3S/c1-3-12-10(9-5-4-8-15-9)11-13-6-7-14(11)2/h4-8,10,12H,3H2,1-2H3. The van der Waals surface area contributed by atoms with Gasteiger partial charge in [0.2, 0.25) is 0 Å². The Bertz CT molecular complexity index is 405. The van der Waals surface area contributed by atoms with Crippen molar-refractivity contribution in [2.24, 2.45) is 7.05 Å². The molecule has 0 bridgehead atoms. The monoisotopic (exact) mass is 221 g/mol. The Morgan fingerprint density at radius 2 is 2.47 bits per heavy atom. The molecule has 0 aliphatic heterocycles. The Kier molecular flexibility index (Phi) is 3.18. The molecule has 80 valence electrons. The maximum atomic E-state index is 4.40. The average molecular weight is 221 g/mol. The van der Waals surface area contributed by atoms with Crippen LogP contribution in [0.2, 0.25) is 0 Å². The molecule has 0 spiro atoms. The first-order valence-electron chi connectivity index (χ1n) is 5.07. The van der Waals surface area contributed by atoms with E-state index in [9.17, 15) is 0 Å². The highest BCUT2D eigenvalue weighted by molar-refractivity contribution is 7.10. The van der Waals surface area contributed by atoms with Gasteiger partial charge in [0.15, 0.2) is 0 Å². The molecule has 1 unspecified atom stereocenters. The number of hydrogen-bond acceptors (Lipinski definition) is 3. The fourth-order valence-electron chi connectivity index (χ4n) is 1.63. The van der Waals surface area contributed by atoms with Crippen molar-refractivity contribution < 1.29 is 0 Å². The van der Waals surface area contributed by atoms with Gasteiger partial charge in [-0.05, 0) is 18.0 Å². The summed E-state index contributed by atoms with van der Waals surface area (Å²) in [6, 6.07) is 4.44. The van der Waals surface area contributed by atoms with E-state index in [0.29, 0.717) is 0 Å². The molecule has 3 nitrogen and oxygen atoms in total. The lowest BCUT2D eigenvalue weighted by Crippen LogP contribution is -2.23. The van der Waals surface area contributed by atoms with Crippen LogP contribution in [0.5, 0.6) is 0 Å². The topological polar surface area (TPSA) is 29.9 Å². The zero-order valence-electron chi connectivity index (χ0n) is 8.97. The molecular formula is C11H15N3S. The van der Waals surface area contributed by atoms with E-state index in [1.807, 2.05) is 19.4 Å². The number of hydrogen-bond donors (Lipinski definition) is 1. The van der Waals surface area contributed by atoms with E-state index in [4.69, 9.17) is 0 Å². The summed E-state index contributed by atoms with van der Waals surface area (Å²) < 4.78 is 2.06. The third kappa shape index (κ3) is 2.11. The van der Waals surface area contributed by atoms with E-state index < -0.39 is 0 Å². The van der Waals surface area contributed by atoms with Gasteiger partial charge in [-0.3, -0.25) is 0 Å². The maximum absolute atomic E-state index is 4.40. The van der Waals surface area contributed by atoms with Gasteiger partial charge >= 0.3 is 0 Å². The number of thiophene rings is 1. The number of nitrogens with zero attached hydrogens (tertiary/aromatic N) is 2. The minimum absolute atomic E-state index is 0.218. The van der Waals surface area contributed by atoms with Crippen LogP contribution in [-0.4, -0.2) is 16.1 Å². The van der Waals surface area contributed by atoms with Crippen LogP contribution < -0.4 is 5.32 Å². The lowest BCUT2D eigenvalue weighted by atomic mass is 10.2. The second-order valence-corrected chi connectivity index (χ2v) is 4.38. The normalized spacial score (nSPS) is 12.9. The van der Waals surface area contributed by atoms with Crippen molar-refractivity contribution in [2.75, 3.05) is 6.54 Å². The molecule has 0 radical (unpaired) electrons. The summed E-state index contributed by atoms with van der Waals surface area (Å²) in [5, 5.41) is 5.56. The highest BCUT2D eigenvalue weighted by Crippen LogP contribution is 2.24. The predicted octanol–water partition coefficient (Wildman–Crippen LogP) is 2.18. The van der Waals surface area contributed by atoms with Gasteiger partial charge in [-0.1, -0.05) is 13.0 Å². The number of aromatic nitrogens is 2. The van der Waals surface area contributed by atoms with Crippen molar-refractivity contribution in [3.05, 3.63) is 40.6 Å². The molecule has 2 heterocycles. The second-order valence-electron chi connectivity index (χ2n) is 3.40. The van der Waals surface area contributed by atoms with Crippen LogP contribution in [0.4, 0.5) is 0 Å². The summed E-state index contributed by atoms with van der Waals surface area (Å²) >= 11 is 1.76. The molecule has 0 amide bonds. The van der Waals surface area contributed by atoms with Gasteiger partial charge in [0, 0.05) is 24.3 Å². The molecule has 0 aliphatic carbocycles. The summed E-state index contributed by atoms with van der Waals surface area (Å²) in [5.74, 6) is 1.07. The van der Waals surface area contributed by atoms with Crippen LogP contribution >= 0.6 is 11.3 Å². The summed E-state index contributed by atoms with van der Waals surface area (Å²) in [6.07, 6.45) is 3.82. The van der Waals surface area contributed by atoms with Crippen molar-refractivity contribution >= 4 is 11.3 Å². The Morgan fingerprint density at radius 1 is 1.60 bits per heavy atom. The average Bonchev–Trinajstić information content (AvgIpc) is 2.85. The first kappa shape index (κ1) is 10.4. The minimum Gasteiger partial charge on any atom is -0.336 e. The van der Waals surface area contributed by atoms with Crippen molar-refractivity contribution in [1.29, 1.82) is 0 Å². The van der Waals surface area contributed by atoms with Crippen molar-refractivity contribution in [3.63, 3.8) is 0 Å². The van der Waals surface area contributed by atoms with Gasteiger partial charge < -0.3 is 9.88 Å². The number of rotatable bonds is 4. The van der Waals surface area contributed by atoms with Crippen molar-refractivity contribution in [2.45, 2.75) is 13.0 Å². The SMILES string of the molecule is CCNC(c1cccs1)c1nccn1C. The van der Waals surface area contributed by atoms with Crippen molar-refractivity contribution in [3.8, 4) is 0 Å². The highest BCUT2D eigenvalue weighted by Gasteiger charge is 2.17. The van der Waals surface area contributed by atoms with Gasteiger partial charge in [-0.25, -0.2) is 4.98 Å². The quantitative estimate of drug-likeness (QED) is 0.857. The maximum Gasteiger partial charge on any atom is 0.131 e. The molecule has 2 aromatic rings. The molecular weight excluding hydrogens is 206 g/mol. The summed E-state index contributed by atoms with van der Waals surface area (Å²) in [4.78, 5) is 5.71. The fraction of sp³-hybridized carbons (Fsp3) is 0.364. The number of imidazole rings is 1. The molecule has 1 atom stereocenters. The van der Waals surface area contributed by atoms with Gasteiger partial charge in [0.25, 0.3) is 0 Å². The lowest BCUT2D eigenvalue weighted by Gasteiger charge is -2.15. The van der Waals surface area contributed by atoms with Crippen LogP contribution in [0.15, 0.2) is 29.9 Å². The predicted molar refractivity (Wildman–Crippen MR) is 63.0 cm³/mol. The Hall–Kier alpha value is -1.13. The fourth-order valence-corrected chi connectivity index (χ4v) is 2.43. The number of nitrogens with one attached hydrogen (secondary N) is 1. The van der Waals surface area contributed by atoms with Crippen LogP contribution in [0, 0.1) is 0 Å². The van der Waals surface area contributed by atoms with E-state index in [-0.39, 0.29) is 6.04 Å². The molecule has 4 heteroatoms. The summed E-state index contributed by atoms with van der Waals surface area (Å²) in [7, 11) is 2.03. The molecule has 2 aromatic heterocycles. The molecule has 0 aliphatic rings. The first-order chi connectivity index (χ1) is 7.33. The van der Waals surface area contributed by atoms with E-state index >= 15 is 0 Å². The third-order valence-corrected chi connectivity index (χ3v) is 3.29. The minimum atomic E-state index is 0.218. The molecule has 0 fully saturated rings. The van der Waals surface area contributed by atoms with Gasteiger partial charge in [-0.2, -0.15) is 0 Å². The zero-order chi connectivity index (χ0) is 10.7. The Balaban J connectivity index is 2.32. The molecule has 0 saturated heterocycles. The molecule has 15 heavy (non-hydrogen) atoms. The summed E-state index contributed by atoms with van der Waals surface area (Å²) in [5.41, 5.74) is 0. The molecule has 2 rings (SSSR count). The Labute approximate surface area is 93.8 Å². The largest absolute Gasteiger partial charge is 0.336 e. The van der Waals surface area contributed by atoms with Crippen molar-refractivity contribution in [1.82, 2.24) is 14.9 Å². The van der Waals surface area contributed by atoms with E-state index in [0.717, 1.165) is 12.4 Å². The molecule has 1 N–H and O–H groups in total. The van der Waals surface area contributed by atoms with E-state index in [2.05, 4.69) is 39.3 Å². The van der Waals surface area contributed by atoms with E-state index in [1.165, 1.54) is 4.88 Å². The smallest absolute Gasteiger partial charge is 0.131 e. The first-order valence-corrected chi connectivity index (χ1v) is 5.95. The summed E-state index contributed by atoms with van der Waals surface area (Å²) in [6.45, 7) is 3.05. The van der Waals surface area contributed by atoms with E-state index in [1.54, 1.807) is 11.3 Å². The lowest BCUT2D eigenvalue weighted by molar-refractivity contribution is 0.584. The molecule has 0 aromatic carbocycles. The van der Waals surface area contributed by atoms with Gasteiger partial charge in [0.1, 0.15) is 11.9 Å². The second kappa shape index (κ2) is 4.59. The van der Waals surface area contributed by atoms with Crippen LogP contribution in [-0.2, 0) is 7.05 Å². The third-order valence-electron chi connectivity index (χ3n) is 2.35. The zero-order valence-corrected chi connectivity index (χ0v) is 9.79. The highest BCUT2D eigenvalue weighted by atomic mass is 32.1.